The number of rotatable bonds is 5. The fourth-order valence-corrected chi connectivity index (χ4v) is 2.13. The number of nitrogens with zero attached hydrogens (tertiary/aromatic N) is 1. The van der Waals surface area contributed by atoms with Crippen LogP contribution < -0.4 is 10.2 Å². The van der Waals surface area contributed by atoms with Crippen LogP contribution in [0.15, 0.2) is 48.5 Å². The SMILES string of the molecule is CCc1ccc(CN(C)c2ccc(NC)cc2)cc1. The quantitative estimate of drug-likeness (QED) is 0.869. The maximum atomic E-state index is 3.14. The van der Waals surface area contributed by atoms with Gasteiger partial charge >= 0.3 is 0 Å². The number of benzene rings is 2. The van der Waals surface area contributed by atoms with E-state index in [0.717, 1.165) is 18.7 Å². The normalized spacial score (nSPS) is 10.3. The maximum Gasteiger partial charge on any atom is 0.0426 e. The number of anilines is 2. The third-order valence-electron chi connectivity index (χ3n) is 3.45. The largest absolute Gasteiger partial charge is 0.388 e. The van der Waals surface area contributed by atoms with Crippen molar-refractivity contribution in [3.63, 3.8) is 0 Å². The lowest BCUT2D eigenvalue weighted by atomic mass is 10.1. The van der Waals surface area contributed by atoms with Gasteiger partial charge in [0.15, 0.2) is 0 Å². The molecule has 0 spiro atoms. The minimum atomic E-state index is 0.933. The van der Waals surface area contributed by atoms with Gasteiger partial charge in [0.2, 0.25) is 0 Å². The van der Waals surface area contributed by atoms with Crippen LogP contribution >= 0.6 is 0 Å². The van der Waals surface area contributed by atoms with Crippen LogP contribution in [0, 0.1) is 0 Å². The molecule has 1 N–H and O–H groups in total. The molecule has 2 aromatic rings. The van der Waals surface area contributed by atoms with E-state index in [1.807, 2.05) is 7.05 Å². The summed E-state index contributed by atoms with van der Waals surface area (Å²) in [5.74, 6) is 0. The fourth-order valence-electron chi connectivity index (χ4n) is 2.13. The molecular formula is C17H22N2. The molecule has 0 aliphatic heterocycles. The van der Waals surface area contributed by atoms with Crippen LogP contribution in [-0.4, -0.2) is 14.1 Å². The zero-order valence-electron chi connectivity index (χ0n) is 12.0. The second kappa shape index (κ2) is 6.28. The van der Waals surface area contributed by atoms with E-state index in [4.69, 9.17) is 0 Å². The predicted molar refractivity (Wildman–Crippen MR) is 83.9 cm³/mol. The fraction of sp³-hybridized carbons (Fsp3) is 0.294. The Bertz CT molecular complexity index is 500. The van der Waals surface area contributed by atoms with Crippen molar-refractivity contribution < 1.29 is 0 Å². The van der Waals surface area contributed by atoms with Gasteiger partial charge in [0.05, 0.1) is 0 Å². The Morgan fingerprint density at radius 3 is 2.00 bits per heavy atom. The highest BCUT2D eigenvalue weighted by Gasteiger charge is 2.02. The van der Waals surface area contributed by atoms with Gasteiger partial charge in [0, 0.05) is 32.0 Å². The van der Waals surface area contributed by atoms with Gasteiger partial charge in [-0.3, -0.25) is 0 Å². The first-order valence-electron chi connectivity index (χ1n) is 6.79. The van der Waals surface area contributed by atoms with Crippen molar-refractivity contribution in [2.24, 2.45) is 0 Å². The Hall–Kier alpha value is -1.96. The highest BCUT2D eigenvalue weighted by Crippen LogP contribution is 2.18. The molecule has 0 aliphatic rings. The van der Waals surface area contributed by atoms with Crippen LogP contribution in [0.2, 0.25) is 0 Å². The van der Waals surface area contributed by atoms with E-state index in [0.29, 0.717) is 0 Å². The van der Waals surface area contributed by atoms with Crippen LogP contribution in [0.3, 0.4) is 0 Å². The summed E-state index contributed by atoms with van der Waals surface area (Å²) in [6.45, 7) is 3.12. The van der Waals surface area contributed by atoms with E-state index in [-0.39, 0.29) is 0 Å². The van der Waals surface area contributed by atoms with E-state index in [1.165, 1.54) is 16.8 Å². The topological polar surface area (TPSA) is 15.3 Å². The van der Waals surface area contributed by atoms with Gasteiger partial charge in [0.1, 0.15) is 0 Å². The van der Waals surface area contributed by atoms with E-state index >= 15 is 0 Å². The predicted octanol–water partition coefficient (Wildman–Crippen LogP) is 3.93. The maximum absolute atomic E-state index is 3.14. The summed E-state index contributed by atoms with van der Waals surface area (Å²) >= 11 is 0. The molecular weight excluding hydrogens is 232 g/mol. The molecule has 2 aromatic carbocycles. The molecule has 0 unspecified atom stereocenters. The lowest BCUT2D eigenvalue weighted by Crippen LogP contribution is -2.16. The number of hydrogen-bond donors (Lipinski definition) is 1. The van der Waals surface area contributed by atoms with Crippen LogP contribution in [0.1, 0.15) is 18.1 Å². The summed E-state index contributed by atoms with van der Waals surface area (Å²) in [5, 5.41) is 3.14. The summed E-state index contributed by atoms with van der Waals surface area (Å²) in [6.07, 6.45) is 1.10. The molecule has 0 bridgehead atoms. The first kappa shape index (κ1) is 13.5. The third-order valence-corrected chi connectivity index (χ3v) is 3.45. The molecule has 0 saturated carbocycles. The monoisotopic (exact) mass is 254 g/mol. The van der Waals surface area contributed by atoms with Crippen molar-refractivity contribution in [2.75, 3.05) is 24.3 Å². The lowest BCUT2D eigenvalue weighted by Gasteiger charge is -2.20. The zero-order chi connectivity index (χ0) is 13.7. The van der Waals surface area contributed by atoms with Crippen molar-refractivity contribution >= 4 is 11.4 Å². The summed E-state index contributed by atoms with van der Waals surface area (Å²) < 4.78 is 0. The molecule has 100 valence electrons. The second-order valence-electron chi connectivity index (χ2n) is 4.82. The molecule has 0 aliphatic carbocycles. The van der Waals surface area contributed by atoms with Crippen molar-refractivity contribution in [1.29, 1.82) is 0 Å². The number of nitrogens with one attached hydrogen (secondary N) is 1. The average Bonchev–Trinajstić information content (AvgIpc) is 2.48. The van der Waals surface area contributed by atoms with Gasteiger partial charge < -0.3 is 10.2 Å². The van der Waals surface area contributed by atoms with Crippen molar-refractivity contribution in [3.05, 3.63) is 59.7 Å². The third kappa shape index (κ3) is 3.50. The molecule has 0 heterocycles. The Morgan fingerprint density at radius 2 is 1.47 bits per heavy atom. The second-order valence-corrected chi connectivity index (χ2v) is 4.82. The van der Waals surface area contributed by atoms with Gasteiger partial charge in [-0.2, -0.15) is 0 Å². The molecule has 0 fully saturated rings. The van der Waals surface area contributed by atoms with Crippen LogP contribution in [0.5, 0.6) is 0 Å². The first-order valence-corrected chi connectivity index (χ1v) is 6.79. The zero-order valence-corrected chi connectivity index (χ0v) is 12.0. The molecule has 2 rings (SSSR count). The first-order chi connectivity index (χ1) is 9.22. The highest BCUT2D eigenvalue weighted by molar-refractivity contribution is 5.54. The van der Waals surface area contributed by atoms with Gasteiger partial charge in [-0.25, -0.2) is 0 Å². The number of aryl methyl sites for hydroxylation is 1. The van der Waals surface area contributed by atoms with Crippen LogP contribution in [0.25, 0.3) is 0 Å². The summed E-state index contributed by atoms with van der Waals surface area (Å²) in [7, 11) is 4.07. The van der Waals surface area contributed by atoms with Gasteiger partial charge in [-0.1, -0.05) is 31.2 Å². The Kier molecular flexibility index (Phi) is 4.45. The smallest absolute Gasteiger partial charge is 0.0426 e. The molecule has 19 heavy (non-hydrogen) atoms. The summed E-state index contributed by atoms with van der Waals surface area (Å²) in [4.78, 5) is 2.26. The number of hydrogen-bond acceptors (Lipinski definition) is 2. The van der Waals surface area contributed by atoms with E-state index in [1.54, 1.807) is 0 Å². The average molecular weight is 254 g/mol. The summed E-state index contributed by atoms with van der Waals surface area (Å²) in [6, 6.07) is 17.4. The summed E-state index contributed by atoms with van der Waals surface area (Å²) in [5.41, 5.74) is 5.12. The van der Waals surface area contributed by atoms with Crippen molar-refractivity contribution in [1.82, 2.24) is 0 Å². The van der Waals surface area contributed by atoms with Gasteiger partial charge in [0.25, 0.3) is 0 Å². The minimum Gasteiger partial charge on any atom is -0.388 e. The van der Waals surface area contributed by atoms with Gasteiger partial charge in [-0.15, -0.1) is 0 Å². The minimum absolute atomic E-state index is 0.933. The van der Waals surface area contributed by atoms with Gasteiger partial charge in [-0.05, 0) is 41.8 Å². The van der Waals surface area contributed by atoms with E-state index in [2.05, 4.69) is 72.7 Å². The standard InChI is InChI=1S/C17H22N2/c1-4-14-5-7-15(8-6-14)13-19(3)17-11-9-16(18-2)10-12-17/h5-12,18H,4,13H2,1-3H3. The van der Waals surface area contributed by atoms with E-state index in [9.17, 15) is 0 Å². The van der Waals surface area contributed by atoms with Crippen LogP contribution in [0.4, 0.5) is 11.4 Å². The molecule has 2 nitrogen and oxygen atoms in total. The highest BCUT2D eigenvalue weighted by atomic mass is 15.1. The van der Waals surface area contributed by atoms with Crippen molar-refractivity contribution in [2.45, 2.75) is 19.9 Å². The molecule has 0 saturated heterocycles. The molecule has 0 atom stereocenters. The Morgan fingerprint density at radius 1 is 0.895 bits per heavy atom. The molecule has 0 aromatic heterocycles. The lowest BCUT2D eigenvalue weighted by molar-refractivity contribution is 0.921. The Balaban J connectivity index is 2.04. The van der Waals surface area contributed by atoms with Crippen molar-refractivity contribution in [3.8, 4) is 0 Å². The molecule has 2 heteroatoms. The molecule has 0 amide bonds. The van der Waals surface area contributed by atoms with Crippen LogP contribution in [-0.2, 0) is 13.0 Å². The Labute approximate surface area is 116 Å². The molecule has 0 radical (unpaired) electrons. The van der Waals surface area contributed by atoms with E-state index < -0.39 is 0 Å².